The van der Waals surface area contributed by atoms with Crippen LogP contribution in [0.4, 0.5) is 0 Å². The summed E-state index contributed by atoms with van der Waals surface area (Å²) >= 11 is 0. The first-order valence-electron chi connectivity index (χ1n) is 10.9. The first-order chi connectivity index (χ1) is 16.2. The molecule has 5 nitrogen and oxygen atoms in total. The highest BCUT2D eigenvalue weighted by atomic mass is 16.5. The van der Waals surface area contributed by atoms with Crippen LogP contribution < -0.4 is 5.73 Å². The van der Waals surface area contributed by atoms with E-state index < -0.39 is 17.6 Å². The van der Waals surface area contributed by atoms with E-state index in [1.807, 2.05) is 67.1 Å². The second-order valence-corrected chi connectivity index (χ2v) is 7.81. The van der Waals surface area contributed by atoms with E-state index in [9.17, 15) is 4.79 Å². The van der Waals surface area contributed by atoms with Crippen LogP contribution in [0, 0.1) is 0 Å². The Kier molecular flexibility index (Phi) is 6.81. The van der Waals surface area contributed by atoms with Crippen molar-refractivity contribution in [3.63, 3.8) is 0 Å². The van der Waals surface area contributed by atoms with Crippen LogP contribution in [0.25, 0.3) is 0 Å². The summed E-state index contributed by atoms with van der Waals surface area (Å²) in [6, 6.07) is 30.2. The van der Waals surface area contributed by atoms with Gasteiger partial charge in [0.1, 0.15) is 18.2 Å². The maximum Gasteiger partial charge on any atom is 0.323 e. The summed E-state index contributed by atoms with van der Waals surface area (Å²) in [5.41, 5.74) is 9.44. The molecule has 0 saturated carbocycles. The maximum atomic E-state index is 12.1. The van der Waals surface area contributed by atoms with Crippen LogP contribution in [0.2, 0.25) is 0 Å². The Morgan fingerprint density at radius 2 is 1.42 bits per heavy atom. The summed E-state index contributed by atoms with van der Waals surface area (Å²) in [6.45, 7) is 3.70. The molecular weight excluding hydrogens is 410 g/mol. The molecule has 5 heteroatoms. The number of hydrogen-bond acceptors (Lipinski definition) is 4. The Balaban J connectivity index is 1.83. The number of rotatable bonds is 9. The van der Waals surface area contributed by atoms with Crippen molar-refractivity contribution < 1.29 is 9.53 Å². The summed E-state index contributed by atoms with van der Waals surface area (Å²) in [7, 11) is 0. The van der Waals surface area contributed by atoms with Gasteiger partial charge in [-0.25, -0.2) is 4.98 Å². The second kappa shape index (κ2) is 10.1. The molecule has 0 aliphatic carbocycles. The Labute approximate surface area is 194 Å². The van der Waals surface area contributed by atoms with Gasteiger partial charge in [-0.3, -0.25) is 4.79 Å². The Morgan fingerprint density at radius 3 is 1.88 bits per heavy atom. The number of ether oxygens (including phenoxy) is 1. The van der Waals surface area contributed by atoms with Gasteiger partial charge in [-0.15, -0.1) is 0 Å². The van der Waals surface area contributed by atoms with Crippen LogP contribution in [0.15, 0.2) is 116 Å². The standard InChI is InChI=1S/C28H27N3O2/c1-2-18-33-27(32)26(29)19-25-20-31(21-30-25)28(22-12-6-3-7-13-22,23-14-8-4-9-15-23)24-16-10-5-11-17-24/h2-17,20-21,26H,1,18-19,29H2. The number of esters is 1. The summed E-state index contributed by atoms with van der Waals surface area (Å²) in [6.07, 6.45) is 5.57. The lowest BCUT2D eigenvalue weighted by molar-refractivity contribution is -0.143. The van der Waals surface area contributed by atoms with E-state index in [1.165, 1.54) is 6.08 Å². The zero-order valence-electron chi connectivity index (χ0n) is 18.4. The lowest BCUT2D eigenvalue weighted by Gasteiger charge is -2.37. The van der Waals surface area contributed by atoms with Crippen LogP contribution >= 0.6 is 0 Å². The zero-order chi connectivity index (χ0) is 23.1. The summed E-state index contributed by atoms with van der Waals surface area (Å²) in [5, 5.41) is 0. The van der Waals surface area contributed by atoms with E-state index >= 15 is 0 Å². The molecule has 0 aliphatic heterocycles. The van der Waals surface area contributed by atoms with Crippen LogP contribution in [0.3, 0.4) is 0 Å². The maximum absolute atomic E-state index is 12.1. The molecule has 3 aromatic carbocycles. The minimum atomic E-state index is -0.798. The van der Waals surface area contributed by atoms with E-state index in [2.05, 4.69) is 52.5 Å². The normalized spacial score (nSPS) is 12.2. The molecule has 0 bridgehead atoms. The van der Waals surface area contributed by atoms with Crippen molar-refractivity contribution in [1.82, 2.24) is 9.55 Å². The minimum absolute atomic E-state index is 0.139. The van der Waals surface area contributed by atoms with Gasteiger partial charge >= 0.3 is 5.97 Å². The molecule has 0 amide bonds. The molecule has 1 heterocycles. The van der Waals surface area contributed by atoms with Gasteiger partial charge in [-0.05, 0) is 16.7 Å². The molecule has 0 aliphatic rings. The fourth-order valence-corrected chi connectivity index (χ4v) is 4.19. The molecule has 1 unspecified atom stereocenters. The molecule has 166 valence electrons. The fraction of sp³-hybridized carbons (Fsp3) is 0.143. The van der Waals surface area contributed by atoms with Crippen LogP contribution in [-0.2, 0) is 21.5 Å². The van der Waals surface area contributed by atoms with Gasteiger partial charge < -0.3 is 15.0 Å². The van der Waals surface area contributed by atoms with Crippen molar-refractivity contribution in [2.45, 2.75) is 18.0 Å². The van der Waals surface area contributed by atoms with Gasteiger partial charge in [0, 0.05) is 12.6 Å². The number of nitrogens with two attached hydrogens (primary N) is 1. The molecule has 1 aromatic heterocycles. The quantitative estimate of drug-likeness (QED) is 0.240. The van der Waals surface area contributed by atoms with Crippen molar-refractivity contribution in [3.8, 4) is 0 Å². The SMILES string of the molecule is C=CCOC(=O)C(N)Cc1cn(C(c2ccccc2)(c2ccccc2)c2ccccc2)cn1. The van der Waals surface area contributed by atoms with Crippen LogP contribution in [0.1, 0.15) is 22.4 Å². The number of hydrogen-bond donors (Lipinski definition) is 1. The van der Waals surface area contributed by atoms with Gasteiger partial charge in [-0.2, -0.15) is 0 Å². The highest BCUT2D eigenvalue weighted by Crippen LogP contribution is 2.40. The zero-order valence-corrected chi connectivity index (χ0v) is 18.4. The van der Waals surface area contributed by atoms with E-state index in [4.69, 9.17) is 10.5 Å². The van der Waals surface area contributed by atoms with E-state index in [0.29, 0.717) is 5.69 Å². The third kappa shape index (κ3) is 4.49. The molecule has 0 radical (unpaired) electrons. The van der Waals surface area contributed by atoms with Gasteiger partial charge in [0.2, 0.25) is 0 Å². The highest BCUT2D eigenvalue weighted by molar-refractivity contribution is 5.75. The van der Waals surface area contributed by atoms with Gasteiger partial charge in [-0.1, -0.05) is 104 Å². The molecule has 4 rings (SSSR count). The number of benzene rings is 3. The summed E-state index contributed by atoms with van der Waals surface area (Å²) in [5.74, 6) is -0.468. The molecule has 4 aromatic rings. The Morgan fingerprint density at radius 1 is 0.939 bits per heavy atom. The van der Waals surface area contributed by atoms with Crippen molar-refractivity contribution in [1.29, 1.82) is 0 Å². The van der Waals surface area contributed by atoms with Gasteiger partial charge in [0.05, 0.1) is 12.0 Å². The predicted molar refractivity (Wildman–Crippen MR) is 130 cm³/mol. The van der Waals surface area contributed by atoms with Crippen molar-refractivity contribution in [2.75, 3.05) is 6.61 Å². The minimum Gasteiger partial charge on any atom is -0.460 e. The smallest absolute Gasteiger partial charge is 0.323 e. The third-order valence-electron chi connectivity index (χ3n) is 5.67. The topological polar surface area (TPSA) is 70.1 Å². The second-order valence-electron chi connectivity index (χ2n) is 7.81. The average Bonchev–Trinajstić information content (AvgIpc) is 3.33. The number of nitrogens with zero attached hydrogens (tertiary/aromatic N) is 2. The molecule has 1 atom stereocenters. The summed E-state index contributed by atoms with van der Waals surface area (Å²) in [4.78, 5) is 16.8. The Hall–Kier alpha value is -3.96. The van der Waals surface area contributed by atoms with E-state index in [0.717, 1.165) is 16.7 Å². The van der Waals surface area contributed by atoms with Gasteiger partial charge in [0.25, 0.3) is 0 Å². The Bertz CT molecular complexity index is 1090. The predicted octanol–water partition coefficient (Wildman–Crippen LogP) is 4.32. The van der Waals surface area contributed by atoms with E-state index in [1.54, 1.807) is 0 Å². The fourth-order valence-electron chi connectivity index (χ4n) is 4.19. The summed E-state index contributed by atoms with van der Waals surface area (Å²) < 4.78 is 7.19. The van der Waals surface area contributed by atoms with Crippen molar-refractivity contribution in [3.05, 3.63) is 139 Å². The first-order valence-corrected chi connectivity index (χ1v) is 10.9. The third-order valence-corrected chi connectivity index (χ3v) is 5.67. The van der Waals surface area contributed by atoms with Crippen molar-refractivity contribution in [2.24, 2.45) is 5.73 Å². The molecule has 0 fully saturated rings. The first kappa shape index (κ1) is 22.2. The van der Waals surface area contributed by atoms with Crippen molar-refractivity contribution >= 4 is 5.97 Å². The number of aromatic nitrogens is 2. The molecule has 2 N–H and O–H groups in total. The number of imidazole rings is 1. The lowest BCUT2D eigenvalue weighted by atomic mass is 9.77. The van der Waals surface area contributed by atoms with Crippen LogP contribution in [0.5, 0.6) is 0 Å². The van der Waals surface area contributed by atoms with Gasteiger partial charge in [0.15, 0.2) is 0 Å². The average molecular weight is 438 g/mol. The number of carbonyl (C=O) groups is 1. The molecule has 33 heavy (non-hydrogen) atoms. The van der Waals surface area contributed by atoms with Crippen LogP contribution in [-0.4, -0.2) is 28.2 Å². The van der Waals surface area contributed by atoms with E-state index in [-0.39, 0.29) is 13.0 Å². The molecule has 0 saturated heterocycles. The monoisotopic (exact) mass is 437 g/mol. The molecule has 0 spiro atoms. The highest BCUT2D eigenvalue weighted by Gasteiger charge is 2.38. The molecular formula is C28H27N3O2. The lowest BCUT2D eigenvalue weighted by Crippen LogP contribution is -2.37. The largest absolute Gasteiger partial charge is 0.460 e. The number of carbonyl (C=O) groups excluding carboxylic acids is 1.